The normalized spacial score (nSPS) is 24.9. The second-order valence-corrected chi connectivity index (χ2v) is 6.20. The van der Waals surface area contributed by atoms with E-state index in [9.17, 15) is 9.59 Å². The van der Waals surface area contributed by atoms with Crippen LogP contribution >= 0.6 is 0 Å². The van der Waals surface area contributed by atoms with Crippen LogP contribution in [0.4, 0.5) is 0 Å². The summed E-state index contributed by atoms with van der Waals surface area (Å²) in [6.07, 6.45) is 3.08. The Morgan fingerprint density at radius 1 is 1.37 bits per heavy atom. The molecule has 0 aromatic heterocycles. The van der Waals surface area contributed by atoms with Crippen molar-refractivity contribution in [2.45, 2.75) is 45.6 Å². The van der Waals surface area contributed by atoms with Gasteiger partial charge in [0.05, 0.1) is 6.61 Å². The van der Waals surface area contributed by atoms with E-state index in [2.05, 4.69) is 10.6 Å². The molecule has 5 nitrogen and oxygen atoms in total. The van der Waals surface area contributed by atoms with Crippen molar-refractivity contribution in [3.8, 4) is 0 Å². The van der Waals surface area contributed by atoms with Crippen molar-refractivity contribution < 1.29 is 14.3 Å². The maximum absolute atomic E-state index is 12.3. The predicted molar refractivity (Wildman–Crippen MR) is 71.5 cm³/mol. The Hall–Kier alpha value is -1.10. The van der Waals surface area contributed by atoms with Gasteiger partial charge < -0.3 is 15.4 Å². The zero-order chi connectivity index (χ0) is 14.1. The van der Waals surface area contributed by atoms with Crippen LogP contribution in [-0.4, -0.2) is 37.1 Å². The van der Waals surface area contributed by atoms with Crippen LogP contribution in [0.25, 0.3) is 0 Å². The van der Waals surface area contributed by atoms with E-state index in [0.29, 0.717) is 6.61 Å². The molecule has 1 saturated carbocycles. The second kappa shape index (κ2) is 5.12. The molecule has 5 heteroatoms. The van der Waals surface area contributed by atoms with Crippen molar-refractivity contribution in [1.29, 1.82) is 0 Å². The summed E-state index contributed by atoms with van der Waals surface area (Å²) >= 11 is 0. The van der Waals surface area contributed by atoms with Gasteiger partial charge in [0.25, 0.3) is 0 Å². The molecule has 108 valence electrons. The summed E-state index contributed by atoms with van der Waals surface area (Å²) in [4.78, 5) is 24.0. The van der Waals surface area contributed by atoms with Gasteiger partial charge in [0.1, 0.15) is 5.54 Å². The Labute approximate surface area is 114 Å². The number of carbonyl (C=O) groups excluding carboxylic acids is 2. The number of amides is 1. The molecule has 0 aromatic carbocycles. The minimum Gasteiger partial charge on any atom is -0.464 e. The summed E-state index contributed by atoms with van der Waals surface area (Å²) < 4.78 is 4.98. The van der Waals surface area contributed by atoms with Crippen molar-refractivity contribution in [1.82, 2.24) is 10.6 Å². The van der Waals surface area contributed by atoms with E-state index in [0.717, 1.165) is 32.4 Å². The van der Waals surface area contributed by atoms with Gasteiger partial charge in [-0.3, -0.25) is 4.79 Å². The number of nitrogens with one attached hydrogen (secondary N) is 2. The number of hydrogen-bond donors (Lipinski definition) is 2. The number of carbonyl (C=O) groups is 2. The molecule has 1 amide bonds. The van der Waals surface area contributed by atoms with Gasteiger partial charge in [0.15, 0.2) is 0 Å². The highest BCUT2D eigenvalue weighted by Gasteiger charge is 2.58. The molecule has 2 aliphatic rings. The van der Waals surface area contributed by atoms with Crippen LogP contribution < -0.4 is 10.6 Å². The predicted octanol–water partition coefficient (Wildman–Crippen LogP) is 0.834. The summed E-state index contributed by atoms with van der Waals surface area (Å²) in [6.45, 7) is 7.47. The first kappa shape index (κ1) is 14.3. The van der Waals surface area contributed by atoms with E-state index in [-0.39, 0.29) is 23.2 Å². The molecule has 2 N–H and O–H groups in total. The Balaban J connectivity index is 1.90. The minimum absolute atomic E-state index is 0.0000435. The van der Waals surface area contributed by atoms with Crippen molar-refractivity contribution in [2.75, 3.05) is 19.7 Å². The Kier molecular flexibility index (Phi) is 3.85. The first-order valence-corrected chi connectivity index (χ1v) is 7.11. The van der Waals surface area contributed by atoms with Gasteiger partial charge in [0.2, 0.25) is 5.91 Å². The number of ether oxygens (including phenoxy) is 1. The molecule has 1 aliphatic heterocycles. The van der Waals surface area contributed by atoms with E-state index in [4.69, 9.17) is 4.74 Å². The molecule has 1 atom stereocenters. The average molecular weight is 268 g/mol. The van der Waals surface area contributed by atoms with Crippen LogP contribution in [0.3, 0.4) is 0 Å². The van der Waals surface area contributed by atoms with Gasteiger partial charge in [-0.2, -0.15) is 0 Å². The van der Waals surface area contributed by atoms with Crippen LogP contribution in [0, 0.1) is 11.3 Å². The van der Waals surface area contributed by atoms with Crippen LogP contribution in [0.5, 0.6) is 0 Å². The molecule has 0 aromatic rings. The SMILES string of the molecule is CCOC(=O)C(C)(C)NC(=O)C1CC12CCNCC2. The third-order valence-electron chi connectivity index (χ3n) is 4.33. The van der Waals surface area contributed by atoms with E-state index < -0.39 is 5.54 Å². The quantitative estimate of drug-likeness (QED) is 0.741. The zero-order valence-corrected chi connectivity index (χ0v) is 12.0. The van der Waals surface area contributed by atoms with Crippen LogP contribution in [0.15, 0.2) is 0 Å². The fourth-order valence-electron chi connectivity index (χ4n) is 2.95. The third-order valence-corrected chi connectivity index (χ3v) is 4.33. The Morgan fingerprint density at radius 3 is 2.58 bits per heavy atom. The summed E-state index contributed by atoms with van der Waals surface area (Å²) in [5, 5.41) is 6.16. The lowest BCUT2D eigenvalue weighted by Gasteiger charge is -2.26. The average Bonchev–Trinajstić information content (AvgIpc) is 3.04. The number of piperidine rings is 1. The highest BCUT2D eigenvalue weighted by molar-refractivity contribution is 5.90. The lowest BCUT2D eigenvalue weighted by atomic mass is 9.91. The minimum atomic E-state index is -0.941. The third kappa shape index (κ3) is 2.91. The molecule has 19 heavy (non-hydrogen) atoms. The van der Waals surface area contributed by atoms with Gasteiger partial charge in [-0.25, -0.2) is 4.79 Å². The summed E-state index contributed by atoms with van der Waals surface area (Å²) in [7, 11) is 0. The monoisotopic (exact) mass is 268 g/mol. The van der Waals surface area contributed by atoms with E-state index in [1.165, 1.54) is 0 Å². The molecular formula is C14H24N2O3. The van der Waals surface area contributed by atoms with E-state index >= 15 is 0 Å². The molecular weight excluding hydrogens is 244 g/mol. The van der Waals surface area contributed by atoms with Gasteiger partial charge in [-0.1, -0.05) is 0 Å². The molecule has 1 spiro atoms. The summed E-state index contributed by atoms with van der Waals surface area (Å²) in [5.41, 5.74) is -0.746. The fourth-order valence-corrected chi connectivity index (χ4v) is 2.95. The highest BCUT2D eigenvalue weighted by Crippen LogP contribution is 2.58. The van der Waals surface area contributed by atoms with Crippen LogP contribution in [0.2, 0.25) is 0 Å². The topological polar surface area (TPSA) is 67.4 Å². The van der Waals surface area contributed by atoms with Gasteiger partial charge in [0, 0.05) is 5.92 Å². The molecule has 2 fully saturated rings. The standard InChI is InChI=1S/C14H24N2O3/c1-4-19-12(18)13(2,3)16-11(17)10-9-14(10)5-7-15-8-6-14/h10,15H,4-9H2,1-3H3,(H,16,17). The smallest absolute Gasteiger partial charge is 0.331 e. The van der Waals surface area contributed by atoms with Crippen molar-refractivity contribution in [3.05, 3.63) is 0 Å². The van der Waals surface area contributed by atoms with Crippen molar-refractivity contribution in [2.24, 2.45) is 11.3 Å². The Bertz CT molecular complexity index is 373. The molecule has 1 heterocycles. The largest absolute Gasteiger partial charge is 0.464 e. The molecule has 0 bridgehead atoms. The molecule has 1 aliphatic carbocycles. The highest BCUT2D eigenvalue weighted by atomic mass is 16.5. The fraction of sp³-hybridized carbons (Fsp3) is 0.857. The lowest BCUT2D eigenvalue weighted by Crippen LogP contribution is -2.51. The lowest BCUT2D eigenvalue weighted by molar-refractivity contribution is -0.152. The summed E-state index contributed by atoms with van der Waals surface area (Å²) in [5.74, 6) is -0.299. The van der Waals surface area contributed by atoms with Gasteiger partial charge in [-0.05, 0) is 58.5 Å². The van der Waals surface area contributed by atoms with Crippen LogP contribution in [0.1, 0.15) is 40.0 Å². The molecule has 1 saturated heterocycles. The molecule has 2 rings (SSSR count). The number of rotatable bonds is 4. The first-order chi connectivity index (χ1) is 8.91. The first-order valence-electron chi connectivity index (χ1n) is 7.11. The second-order valence-electron chi connectivity index (χ2n) is 6.20. The molecule has 1 unspecified atom stereocenters. The van der Waals surface area contributed by atoms with Gasteiger partial charge >= 0.3 is 5.97 Å². The van der Waals surface area contributed by atoms with Crippen molar-refractivity contribution in [3.63, 3.8) is 0 Å². The van der Waals surface area contributed by atoms with Crippen molar-refractivity contribution >= 4 is 11.9 Å². The van der Waals surface area contributed by atoms with Gasteiger partial charge in [-0.15, -0.1) is 0 Å². The number of hydrogen-bond acceptors (Lipinski definition) is 4. The summed E-state index contributed by atoms with van der Waals surface area (Å²) in [6, 6.07) is 0. The van der Waals surface area contributed by atoms with E-state index in [1.54, 1.807) is 20.8 Å². The molecule has 0 radical (unpaired) electrons. The van der Waals surface area contributed by atoms with E-state index in [1.807, 2.05) is 0 Å². The number of esters is 1. The zero-order valence-electron chi connectivity index (χ0n) is 12.0. The maximum atomic E-state index is 12.3. The Morgan fingerprint density at radius 2 is 2.00 bits per heavy atom. The van der Waals surface area contributed by atoms with Crippen LogP contribution in [-0.2, 0) is 14.3 Å². The maximum Gasteiger partial charge on any atom is 0.331 e.